The lowest BCUT2D eigenvalue weighted by Gasteiger charge is -2.25. The standard InChI is InChI=1S/C22H32N4O7/c1-13(2)10-16(24-18(27)12-23)21(31)25-15(8-9-19(28)29)20(30)26-17(22(32)33)11-14-6-4-3-5-7-14/h3-7,13,15-17H,8-12,23H2,1-2H3,(H,24,27)(H,25,31)(H,26,30)(H,28,29)(H,32,33). The Bertz CT molecular complexity index is 829. The zero-order valence-corrected chi connectivity index (χ0v) is 18.7. The Morgan fingerprint density at radius 3 is 1.97 bits per heavy atom. The van der Waals surface area contributed by atoms with Gasteiger partial charge < -0.3 is 31.9 Å². The Labute approximate surface area is 192 Å². The number of hydrogen-bond acceptors (Lipinski definition) is 6. The van der Waals surface area contributed by atoms with Crippen LogP contribution in [0, 0.1) is 5.92 Å². The van der Waals surface area contributed by atoms with E-state index in [1.807, 2.05) is 13.8 Å². The van der Waals surface area contributed by atoms with Gasteiger partial charge in [0.1, 0.15) is 18.1 Å². The van der Waals surface area contributed by atoms with E-state index in [4.69, 9.17) is 10.8 Å². The molecule has 3 amide bonds. The molecule has 1 aromatic carbocycles. The van der Waals surface area contributed by atoms with E-state index in [9.17, 15) is 29.1 Å². The van der Waals surface area contributed by atoms with Crippen LogP contribution in [0.2, 0.25) is 0 Å². The number of carboxylic acid groups (broad SMARTS) is 2. The minimum absolute atomic E-state index is 0.00401. The van der Waals surface area contributed by atoms with Crippen molar-refractivity contribution in [1.29, 1.82) is 0 Å². The highest BCUT2D eigenvalue weighted by molar-refractivity contribution is 5.93. The van der Waals surface area contributed by atoms with Gasteiger partial charge in [0.05, 0.1) is 6.54 Å². The second-order valence-electron chi connectivity index (χ2n) is 8.04. The van der Waals surface area contributed by atoms with E-state index >= 15 is 0 Å². The second kappa shape index (κ2) is 13.8. The molecule has 0 spiro atoms. The first kappa shape index (κ1) is 27.6. The van der Waals surface area contributed by atoms with Crippen LogP contribution in [0.25, 0.3) is 0 Å². The third kappa shape index (κ3) is 10.6. The quantitative estimate of drug-likeness (QED) is 0.215. The highest BCUT2D eigenvalue weighted by Gasteiger charge is 2.30. The molecule has 7 N–H and O–H groups in total. The molecule has 0 fully saturated rings. The zero-order valence-electron chi connectivity index (χ0n) is 18.7. The molecule has 0 aliphatic heterocycles. The summed E-state index contributed by atoms with van der Waals surface area (Å²) in [4.78, 5) is 60.0. The van der Waals surface area contributed by atoms with Crippen molar-refractivity contribution in [3.63, 3.8) is 0 Å². The second-order valence-corrected chi connectivity index (χ2v) is 8.04. The fourth-order valence-corrected chi connectivity index (χ4v) is 3.09. The number of carbonyl (C=O) groups is 5. The van der Waals surface area contributed by atoms with Crippen LogP contribution in [0.1, 0.15) is 38.7 Å². The van der Waals surface area contributed by atoms with Gasteiger partial charge in [-0.2, -0.15) is 0 Å². The fourth-order valence-electron chi connectivity index (χ4n) is 3.09. The van der Waals surface area contributed by atoms with Crippen LogP contribution in [0.4, 0.5) is 0 Å². The first-order valence-electron chi connectivity index (χ1n) is 10.6. The van der Waals surface area contributed by atoms with Crippen LogP contribution in [-0.4, -0.2) is 64.5 Å². The number of benzene rings is 1. The van der Waals surface area contributed by atoms with Crippen molar-refractivity contribution in [2.75, 3.05) is 6.54 Å². The predicted molar refractivity (Wildman–Crippen MR) is 119 cm³/mol. The van der Waals surface area contributed by atoms with Gasteiger partial charge in [-0.25, -0.2) is 4.79 Å². The highest BCUT2D eigenvalue weighted by atomic mass is 16.4. The lowest BCUT2D eigenvalue weighted by atomic mass is 10.0. The molecular weight excluding hydrogens is 432 g/mol. The van der Waals surface area contributed by atoms with Crippen LogP contribution in [0.3, 0.4) is 0 Å². The summed E-state index contributed by atoms with van der Waals surface area (Å²) in [5.41, 5.74) is 5.98. The highest BCUT2D eigenvalue weighted by Crippen LogP contribution is 2.08. The van der Waals surface area contributed by atoms with E-state index < -0.39 is 54.2 Å². The minimum Gasteiger partial charge on any atom is -0.481 e. The van der Waals surface area contributed by atoms with Gasteiger partial charge in [-0.1, -0.05) is 44.2 Å². The number of rotatable bonds is 14. The fraction of sp³-hybridized carbons (Fsp3) is 0.500. The van der Waals surface area contributed by atoms with Crippen molar-refractivity contribution in [3.8, 4) is 0 Å². The molecule has 0 bridgehead atoms. The number of aliphatic carboxylic acids is 2. The van der Waals surface area contributed by atoms with Crippen LogP contribution in [0.5, 0.6) is 0 Å². The van der Waals surface area contributed by atoms with Gasteiger partial charge in [0.15, 0.2) is 0 Å². The Balaban J connectivity index is 2.99. The summed E-state index contributed by atoms with van der Waals surface area (Å²) in [6.45, 7) is 3.35. The summed E-state index contributed by atoms with van der Waals surface area (Å²) in [5.74, 6) is -4.52. The molecular formula is C22H32N4O7. The summed E-state index contributed by atoms with van der Waals surface area (Å²) in [6, 6.07) is 5.08. The van der Waals surface area contributed by atoms with Gasteiger partial charge in [0, 0.05) is 12.8 Å². The Morgan fingerprint density at radius 2 is 1.45 bits per heavy atom. The maximum atomic E-state index is 12.8. The van der Waals surface area contributed by atoms with Gasteiger partial charge in [0.25, 0.3) is 0 Å². The smallest absolute Gasteiger partial charge is 0.326 e. The van der Waals surface area contributed by atoms with Crippen molar-refractivity contribution in [2.45, 2.75) is 57.7 Å². The predicted octanol–water partition coefficient (Wildman–Crippen LogP) is -0.362. The van der Waals surface area contributed by atoms with Crippen molar-refractivity contribution in [3.05, 3.63) is 35.9 Å². The molecule has 11 nitrogen and oxygen atoms in total. The number of carbonyl (C=O) groups excluding carboxylic acids is 3. The van der Waals surface area contributed by atoms with Crippen molar-refractivity contribution >= 4 is 29.7 Å². The maximum absolute atomic E-state index is 12.8. The van der Waals surface area contributed by atoms with E-state index in [-0.39, 0.29) is 31.7 Å². The SMILES string of the molecule is CC(C)CC(NC(=O)CN)C(=O)NC(CCC(=O)O)C(=O)NC(Cc1ccccc1)C(=O)O. The van der Waals surface area contributed by atoms with Gasteiger partial charge in [-0.3, -0.25) is 19.2 Å². The number of amides is 3. The molecule has 33 heavy (non-hydrogen) atoms. The molecule has 0 aliphatic rings. The molecule has 0 saturated carbocycles. The van der Waals surface area contributed by atoms with E-state index in [1.54, 1.807) is 30.3 Å². The van der Waals surface area contributed by atoms with Crippen molar-refractivity contribution < 1.29 is 34.2 Å². The molecule has 0 saturated heterocycles. The average molecular weight is 465 g/mol. The van der Waals surface area contributed by atoms with Crippen LogP contribution >= 0.6 is 0 Å². The number of nitrogens with one attached hydrogen (secondary N) is 3. The number of carboxylic acids is 2. The topological polar surface area (TPSA) is 188 Å². The molecule has 0 radical (unpaired) electrons. The third-order valence-electron chi connectivity index (χ3n) is 4.72. The normalized spacial score (nSPS) is 13.5. The summed E-state index contributed by atoms with van der Waals surface area (Å²) < 4.78 is 0. The molecule has 0 aliphatic carbocycles. The molecule has 11 heteroatoms. The van der Waals surface area contributed by atoms with Crippen LogP contribution in [0.15, 0.2) is 30.3 Å². The lowest BCUT2D eigenvalue weighted by molar-refractivity contribution is -0.143. The first-order valence-corrected chi connectivity index (χ1v) is 10.6. The van der Waals surface area contributed by atoms with E-state index in [2.05, 4.69) is 16.0 Å². The van der Waals surface area contributed by atoms with E-state index in [1.165, 1.54) is 0 Å². The molecule has 1 aromatic rings. The minimum atomic E-state index is -1.31. The molecule has 182 valence electrons. The van der Waals surface area contributed by atoms with Gasteiger partial charge in [0.2, 0.25) is 17.7 Å². The monoisotopic (exact) mass is 464 g/mol. The van der Waals surface area contributed by atoms with E-state index in [0.29, 0.717) is 5.56 Å². The van der Waals surface area contributed by atoms with Crippen LogP contribution < -0.4 is 21.7 Å². The van der Waals surface area contributed by atoms with Crippen molar-refractivity contribution in [2.24, 2.45) is 11.7 Å². The summed E-state index contributed by atoms with van der Waals surface area (Å²) in [5, 5.41) is 25.8. The molecule has 1 rings (SSSR count). The summed E-state index contributed by atoms with van der Waals surface area (Å²) >= 11 is 0. The molecule has 0 heterocycles. The largest absolute Gasteiger partial charge is 0.481 e. The van der Waals surface area contributed by atoms with Gasteiger partial charge in [-0.05, 0) is 24.3 Å². The third-order valence-corrected chi connectivity index (χ3v) is 4.72. The summed E-state index contributed by atoms with van der Waals surface area (Å²) in [7, 11) is 0. The van der Waals surface area contributed by atoms with Crippen molar-refractivity contribution in [1.82, 2.24) is 16.0 Å². The molecule has 0 aromatic heterocycles. The Kier molecular flexibility index (Phi) is 11.6. The Morgan fingerprint density at radius 1 is 0.879 bits per heavy atom. The first-order chi connectivity index (χ1) is 15.5. The molecule has 3 atom stereocenters. The van der Waals surface area contributed by atoms with Crippen LogP contribution in [-0.2, 0) is 30.4 Å². The van der Waals surface area contributed by atoms with Gasteiger partial charge >= 0.3 is 11.9 Å². The average Bonchev–Trinajstić information content (AvgIpc) is 2.75. The lowest BCUT2D eigenvalue weighted by Crippen LogP contribution is -2.56. The van der Waals surface area contributed by atoms with E-state index in [0.717, 1.165) is 0 Å². The Hall–Kier alpha value is -3.47. The zero-order chi connectivity index (χ0) is 25.0. The number of nitrogens with two attached hydrogens (primary N) is 1. The van der Waals surface area contributed by atoms with Gasteiger partial charge in [-0.15, -0.1) is 0 Å². The summed E-state index contributed by atoms with van der Waals surface area (Å²) in [6.07, 6.45) is -0.427. The number of hydrogen-bond donors (Lipinski definition) is 6. The maximum Gasteiger partial charge on any atom is 0.326 e. The molecule has 3 unspecified atom stereocenters.